The second-order valence-electron chi connectivity index (χ2n) is 4.05. The van der Waals surface area contributed by atoms with Crippen LogP contribution in [0.15, 0.2) is 17.3 Å². The van der Waals surface area contributed by atoms with Crippen molar-refractivity contribution in [2.45, 2.75) is 30.8 Å². The number of hydrogen-bond acceptors (Lipinski definition) is 4. The second kappa shape index (κ2) is 5.56. The van der Waals surface area contributed by atoms with Crippen molar-refractivity contribution in [1.29, 1.82) is 0 Å². The summed E-state index contributed by atoms with van der Waals surface area (Å²) in [6, 6.07) is 1.53. The normalized spacial score (nSPS) is 19.8. The zero-order valence-corrected chi connectivity index (χ0v) is 9.99. The van der Waals surface area contributed by atoms with E-state index in [0.29, 0.717) is 0 Å². The van der Waals surface area contributed by atoms with Crippen LogP contribution in [-0.4, -0.2) is 43.1 Å². The molecule has 1 fully saturated rings. The van der Waals surface area contributed by atoms with Crippen LogP contribution in [-0.2, 0) is 17.6 Å². The van der Waals surface area contributed by atoms with Gasteiger partial charge >= 0.3 is 0 Å². The molecule has 0 saturated carbocycles. The minimum absolute atomic E-state index is 0.124. The predicted molar refractivity (Wildman–Crippen MR) is 59.7 cm³/mol. The SMILES string of the molecule is O=S([O-])c1ccn(CCN2CCCCC2)n1. The van der Waals surface area contributed by atoms with Gasteiger partial charge in [0, 0.05) is 12.7 Å². The molecular weight excluding hydrogens is 226 g/mol. The Balaban J connectivity index is 1.81. The monoisotopic (exact) mass is 242 g/mol. The van der Waals surface area contributed by atoms with Gasteiger partial charge < -0.3 is 9.45 Å². The van der Waals surface area contributed by atoms with Crippen LogP contribution in [0.5, 0.6) is 0 Å². The molecule has 1 aromatic rings. The van der Waals surface area contributed by atoms with Crippen LogP contribution in [0.25, 0.3) is 0 Å². The van der Waals surface area contributed by atoms with Gasteiger partial charge in [0.05, 0.1) is 6.54 Å². The van der Waals surface area contributed by atoms with E-state index < -0.39 is 11.1 Å². The minimum atomic E-state index is -2.21. The smallest absolute Gasteiger partial charge is 0.135 e. The summed E-state index contributed by atoms with van der Waals surface area (Å²) >= 11 is -2.21. The van der Waals surface area contributed by atoms with Gasteiger partial charge in [-0.1, -0.05) is 6.42 Å². The Morgan fingerprint density at radius 1 is 1.31 bits per heavy atom. The van der Waals surface area contributed by atoms with Crippen molar-refractivity contribution < 1.29 is 8.76 Å². The fourth-order valence-corrected chi connectivity index (χ4v) is 2.33. The largest absolute Gasteiger partial charge is 0.767 e. The number of piperidine rings is 1. The molecule has 16 heavy (non-hydrogen) atoms. The average Bonchev–Trinajstić information content (AvgIpc) is 2.76. The highest BCUT2D eigenvalue weighted by atomic mass is 32.2. The summed E-state index contributed by atoms with van der Waals surface area (Å²) in [5.74, 6) is 0. The summed E-state index contributed by atoms with van der Waals surface area (Å²) in [7, 11) is 0. The maximum atomic E-state index is 10.6. The molecule has 0 bridgehead atoms. The summed E-state index contributed by atoms with van der Waals surface area (Å²) in [6.45, 7) is 4.02. The molecule has 90 valence electrons. The molecule has 0 spiro atoms. The number of aromatic nitrogens is 2. The van der Waals surface area contributed by atoms with E-state index in [2.05, 4.69) is 10.00 Å². The van der Waals surface area contributed by atoms with Crippen LogP contribution in [0.2, 0.25) is 0 Å². The molecule has 0 N–H and O–H groups in total. The summed E-state index contributed by atoms with van der Waals surface area (Å²) in [6.07, 6.45) is 5.59. The Morgan fingerprint density at radius 2 is 2.06 bits per heavy atom. The highest BCUT2D eigenvalue weighted by Gasteiger charge is 2.09. The molecule has 1 aliphatic rings. The van der Waals surface area contributed by atoms with Gasteiger partial charge in [-0.15, -0.1) is 0 Å². The van der Waals surface area contributed by atoms with Gasteiger partial charge in [0.25, 0.3) is 0 Å². The molecular formula is C10H16N3O2S-. The van der Waals surface area contributed by atoms with Crippen LogP contribution in [0, 0.1) is 0 Å². The van der Waals surface area contributed by atoms with Gasteiger partial charge in [0.2, 0.25) is 0 Å². The highest BCUT2D eigenvalue weighted by Crippen LogP contribution is 2.08. The molecule has 2 heterocycles. The molecule has 1 atom stereocenters. The third kappa shape index (κ3) is 3.13. The van der Waals surface area contributed by atoms with Crippen molar-refractivity contribution in [3.8, 4) is 0 Å². The van der Waals surface area contributed by atoms with Gasteiger partial charge in [-0.3, -0.25) is 8.89 Å². The van der Waals surface area contributed by atoms with E-state index in [-0.39, 0.29) is 5.03 Å². The van der Waals surface area contributed by atoms with Crippen molar-refractivity contribution in [3.63, 3.8) is 0 Å². The van der Waals surface area contributed by atoms with E-state index in [1.165, 1.54) is 25.3 Å². The molecule has 0 aromatic carbocycles. The van der Waals surface area contributed by atoms with Gasteiger partial charge in [-0.05, 0) is 43.1 Å². The Hall–Kier alpha value is -0.720. The molecule has 1 unspecified atom stereocenters. The quantitative estimate of drug-likeness (QED) is 0.726. The number of likely N-dealkylation sites (tertiary alicyclic amines) is 1. The fraction of sp³-hybridized carbons (Fsp3) is 0.700. The molecule has 0 aliphatic carbocycles. The van der Waals surface area contributed by atoms with Crippen LogP contribution in [0.4, 0.5) is 0 Å². The van der Waals surface area contributed by atoms with Gasteiger partial charge in [-0.25, -0.2) is 0 Å². The van der Waals surface area contributed by atoms with E-state index in [0.717, 1.165) is 26.2 Å². The maximum absolute atomic E-state index is 10.6. The predicted octanol–water partition coefficient (Wildman–Crippen LogP) is 0.607. The first-order valence-corrected chi connectivity index (χ1v) is 6.68. The Kier molecular flexibility index (Phi) is 4.09. The van der Waals surface area contributed by atoms with Crippen molar-refractivity contribution in [2.24, 2.45) is 0 Å². The lowest BCUT2D eigenvalue weighted by Gasteiger charge is -2.26. The summed E-state index contributed by atoms with van der Waals surface area (Å²) in [5, 5.41) is 4.10. The van der Waals surface area contributed by atoms with Crippen molar-refractivity contribution in [2.75, 3.05) is 19.6 Å². The van der Waals surface area contributed by atoms with E-state index in [4.69, 9.17) is 0 Å². The van der Waals surface area contributed by atoms with Gasteiger partial charge in [0.15, 0.2) is 0 Å². The number of rotatable bonds is 4. The zero-order chi connectivity index (χ0) is 11.4. The lowest BCUT2D eigenvalue weighted by atomic mass is 10.1. The summed E-state index contributed by atoms with van der Waals surface area (Å²) < 4.78 is 23.0. The van der Waals surface area contributed by atoms with E-state index in [1.54, 1.807) is 10.9 Å². The summed E-state index contributed by atoms with van der Waals surface area (Å²) in [4.78, 5) is 2.40. The molecule has 5 nitrogen and oxygen atoms in total. The van der Waals surface area contributed by atoms with Crippen molar-refractivity contribution >= 4 is 11.1 Å². The van der Waals surface area contributed by atoms with Crippen molar-refractivity contribution in [3.05, 3.63) is 12.3 Å². The van der Waals surface area contributed by atoms with E-state index in [9.17, 15) is 8.76 Å². The molecule has 1 aromatic heterocycles. The topological polar surface area (TPSA) is 61.2 Å². The Morgan fingerprint density at radius 3 is 2.69 bits per heavy atom. The maximum Gasteiger partial charge on any atom is 0.135 e. The lowest BCUT2D eigenvalue weighted by molar-refractivity contribution is 0.217. The van der Waals surface area contributed by atoms with E-state index in [1.807, 2.05) is 0 Å². The first-order valence-electron chi connectivity index (χ1n) is 5.61. The number of nitrogens with zero attached hydrogens (tertiary/aromatic N) is 3. The highest BCUT2D eigenvalue weighted by molar-refractivity contribution is 7.79. The fourth-order valence-electron chi connectivity index (χ4n) is 1.98. The van der Waals surface area contributed by atoms with E-state index >= 15 is 0 Å². The second-order valence-corrected chi connectivity index (χ2v) is 4.94. The van der Waals surface area contributed by atoms with Crippen LogP contribution in [0.1, 0.15) is 19.3 Å². The Bertz CT molecular complexity index is 361. The zero-order valence-electron chi connectivity index (χ0n) is 9.17. The average molecular weight is 242 g/mol. The third-order valence-electron chi connectivity index (χ3n) is 2.88. The minimum Gasteiger partial charge on any atom is -0.767 e. The van der Waals surface area contributed by atoms with Crippen LogP contribution >= 0.6 is 0 Å². The molecule has 1 saturated heterocycles. The van der Waals surface area contributed by atoms with Crippen LogP contribution < -0.4 is 0 Å². The van der Waals surface area contributed by atoms with Gasteiger partial charge in [0.1, 0.15) is 5.03 Å². The molecule has 1 aliphatic heterocycles. The first kappa shape index (κ1) is 11.8. The summed E-state index contributed by atoms with van der Waals surface area (Å²) in [5.41, 5.74) is 0. The molecule has 2 rings (SSSR count). The third-order valence-corrected chi connectivity index (χ3v) is 3.44. The number of hydrogen-bond donors (Lipinski definition) is 0. The first-order chi connectivity index (χ1) is 7.75. The van der Waals surface area contributed by atoms with Crippen molar-refractivity contribution in [1.82, 2.24) is 14.7 Å². The standard InChI is InChI=1S/C10H17N3O2S/c14-16(15)10-4-7-13(11-10)9-8-12-5-2-1-3-6-12/h4,7H,1-3,5-6,8-9H2,(H,14,15)/p-1. The molecule has 0 amide bonds. The molecule has 0 radical (unpaired) electrons. The molecule has 6 heteroatoms. The Labute approximate surface area is 97.7 Å². The van der Waals surface area contributed by atoms with Crippen LogP contribution in [0.3, 0.4) is 0 Å². The lowest BCUT2D eigenvalue weighted by Crippen LogP contribution is -2.32. The van der Waals surface area contributed by atoms with Gasteiger partial charge in [-0.2, -0.15) is 5.10 Å².